The molecule has 2 nitrogen and oxygen atoms in total. The van der Waals surface area contributed by atoms with Gasteiger partial charge in [0.15, 0.2) is 0 Å². The number of benzene rings is 1. The lowest BCUT2D eigenvalue weighted by molar-refractivity contribution is 0.280. The molecule has 0 bridgehead atoms. The molecular formula is C11H15BF4NO-. The molecule has 1 aromatic rings. The van der Waals surface area contributed by atoms with E-state index >= 15 is 0 Å². The van der Waals surface area contributed by atoms with Crippen LogP contribution in [0.15, 0.2) is 18.2 Å². The van der Waals surface area contributed by atoms with E-state index in [4.69, 9.17) is 4.74 Å². The molecule has 0 saturated heterocycles. The average Bonchev–Trinajstić information content (AvgIpc) is 2.22. The average molecular weight is 264 g/mol. The lowest BCUT2D eigenvalue weighted by Crippen LogP contribution is -2.36. The van der Waals surface area contributed by atoms with Crippen molar-refractivity contribution >= 4 is 12.4 Å². The molecule has 0 unspecified atom stereocenters. The maximum atomic E-state index is 13.2. The molecule has 1 rings (SSSR count). The van der Waals surface area contributed by atoms with E-state index in [1.165, 1.54) is 0 Å². The Kier molecular flexibility index (Phi) is 5.01. The Hall–Kier alpha value is -1.24. The summed E-state index contributed by atoms with van der Waals surface area (Å²) < 4.78 is 55.4. The van der Waals surface area contributed by atoms with Gasteiger partial charge < -0.3 is 22.6 Å². The normalized spacial score (nSPS) is 11.9. The molecule has 0 aliphatic heterocycles. The van der Waals surface area contributed by atoms with Crippen molar-refractivity contribution in [2.24, 2.45) is 0 Å². The van der Waals surface area contributed by atoms with Crippen LogP contribution in [-0.2, 0) is 0 Å². The maximum absolute atomic E-state index is 13.2. The van der Waals surface area contributed by atoms with Crippen molar-refractivity contribution in [2.75, 3.05) is 27.2 Å². The highest BCUT2D eigenvalue weighted by atomic mass is 19.4. The molecule has 7 heteroatoms. The van der Waals surface area contributed by atoms with Gasteiger partial charge in [0.2, 0.25) is 0 Å². The number of hydrogen-bond acceptors (Lipinski definition) is 2. The number of halogens is 4. The Balaban J connectivity index is 2.57. The summed E-state index contributed by atoms with van der Waals surface area (Å²) in [5, 5.41) is 0. The van der Waals surface area contributed by atoms with Crippen molar-refractivity contribution in [3.05, 3.63) is 24.0 Å². The van der Waals surface area contributed by atoms with E-state index in [0.29, 0.717) is 6.61 Å². The summed E-state index contributed by atoms with van der Waals surface area (Å²) in [6, 6.07) is 2.64. The predicted molar refractivity (Wildman–Crippen MR) is 63.8 cm³/mol. The van der Waals surface area contributed by atoms with Crippen LogP contribution in [0.25, 0.3) is 0 Å². The molecule has 0 heterocycles. The number of hydrogen-bond donors (Lipinski definition) is 0. The Bertz CT molecular complexity index is 395. The van der Waals surface area contributed by atoms with E-state index in [2.05, 4.69) is 0 Å². The first-order chi connectivity index (χ1) is 8.30. The quantitative estimate of drug-likeness (QED) is 0.443. The van der Waals surface area contributed by atoms with Gasteiger partial charge in [0.25, 0.3) is 0 Å². The zero-order valence-corrected chi connectivity index (χ0v) is 10.3. The summed E-state index contributed by atoms with van der Waals surface area (Å²) in [4.78, 5) is 1.96. The third-order valence-electron chi connectivity index (χ3n) is 2.34. The van der Waals surface area contributed by atoms with E-state index < -0.39 is 18.3 Å². The lowest BCUT2D eigenvalue weighted by Gasteiger charge is -2.16. The van der Waals surface area contributed by atoms with Gasteiger partial charge in [0.05, 0.1) is 12.4 Å². The first-order valence-corrected chi connectivity index (χ1v) is 5.57. The van der Waals surface area contributed by atoms with Gasteiger partial charge in [-0.3, -0.25) is 0 Å². The Morgan fingerprint density at radius 3 is 2.39 bits per heavy atom. The molecule has 0 aliphatic rings. The van der Waals surface area contributed by atoms with Gasteiger partial charge in [-0.25, -0.2) is 4.39 Å². The molecule has 1 aromatic carbocycles. The second-order valence-electron chi connectivity index (χ2n) is 4.26. The topological polar surface area (TPSA) is 12.5 Å². The minimum absolute atomic E-state index is 0.120. The molecule has 0 radical (unpaired) electrons. The molecule has 0 amide bonds. The molecule has 102 valence electrons. The first-order valence-electron chi connectivity index (χ1n) is 5.57. The Morgan fingerprint density at radius 1 is 1.22 bits per heavy atom. The summed E-state index contributed by atoms with van der Waals surface area (Å²) in [5.74, 6) is -1.16. The van der Waals surface area contributed by atoms with Crippen molar-refractivity contribution in [3.63, 3.8) is 0 Å². The van der Waals surface area contributed by atoms with Gasteiger partial charge in [-0.15, -0.1) is 0 Å². The summed E-state index contributed by atoms with van der Waals surface area (Å²) in [6.45, 7) is -4.17. The van der Waals surface area contributed by atoms with Crippen LogP contribution in [0.1, 0.15) is 6.42 Å². The minimum Gasteiger partial charge on any atom is -0.493 e. The van der Waals surface area contributed by atoms with Crippen LogP contribution in [0.2, 0.25) is 0 Å². The molecule has 0 spiro atoms. The number of rotatable bonds is 6. The van der Waals surface area contributed by atoms with E-state index in [0.717, 1.165) is 31.2 Å². The highest BCUT2D eigenvalue weighted by molar-refractivity contribution is 6.73. The van der Waals surface area contributed by atoms with Gasteiger partial charge >= 0.3 is 6.98 Å². The van der Waals surface area contributed by atoms with Crippen LogP contribution >= 0.6 is 0 Å². The fourth-order valence-corrected chi connectivity index (χ4v) is 1.43. The predicted octanol–water partition coefficient (Wildman–Crippen LogP) is 2.21. The second-order valence-corrected chi connectivity index (χ2v) is 4.26. The van der Waals surface area contributed by atoms with Crippen LogP contribution < -0.4 is 10.2 Å². The molecule has 0 aliphatic carbocycles. The molecule has 0 aromatic heterocycles. The van der Waals surface area contributed by atoms with Crippen LogP contribution in [0.3, 0.4) is 0 Å². The fraction of sp³-hybridized carbons (Fsp3) is 0.455. The van der Waals surface area contributed by atoms with Crippen LogP contribution in [0.4, 0.5) is 17.3 Å². The fourth-order valence-electron chi connectivity index (χ4n) is 1.43. The summed E-state index contributed by atoms with van der Waals surface area (Å²) in [5.41, 5.74) is -1.21. The van der Waals surface area contributed by atoms with Gasteiger partial charge in [-0.05, 0) is 26.6 Å². The maximum Gasteiger partial charge on any atom is 0.512 e. The summed E-state index contributed by atoms with van der Waals surface area (Å²) in [6.07, 6.45) is 0.722. The van der Waals surface area contributed by atoms with Crippen LogP contribution in [-0.4, -0.2) is 39.1 Å². The van der Waals surface area contributed by atoms with Crippen LogP contribution in [0, 0.1) is 5.82 Å². The highest BCUT2D eigenvalue weighted by Crippen LogP contribution is 2.17. The van der Waals surface area contributed by atoms with Gasteiger partial charge in [-0.2, -0.15) is 0 Å². The SMILES string of the molecule is CN(C)CCCOc1ccc([B-](F)(F)F)c(F)c1. The van der Waals surface area contributed by atoms with Gasteiger partial charge in [0.1, 0.15) is 5.75 Å². The molecular weight excluding hydrogens is 249 g/mol. The zero-order chi connectivity index (χ0) is 13.8. The molecule has 0 fully saturated rings. The molecule has 18 heavy (non-hydrogen) atoms. The first kappa shape index (κ1) is 14.8. The highest BCUT2D eigenvalue weighted by Gasteiger charge is 2.28. The molecule has 0 N–H and O–H groups in total. The summed E-state index contributed by atoms with van der Waals surface area (Å²) in [7, 11) is 3.81. The standard InChI is InChI=1S/C11H15BF4NO/c1-17(2)6-3-7-18-9-4-5-10(11(13)8-9)12(14,15)16/h4-5,8H,3,6-7H2,1-2H3/q-1. The number of ether oxygens (including phenoxy) is 1. The van der Waals surface area contributed by atoms with Crippen molar-refractivity contribution in [1.29, 1.82) is 0 Å². The Labute approximate surface area is 104 Å². The minimum atomic E-state index is -5.31. The zero-order valence-electron chi connectivity index (χ0n) is 10.3. The Morgan fingerprint density at radius 2 is 1.89 bits per heavy atom. The lowest BCUT2D eigenvalue weighted by atomic mass is 9.80. The van der Waals surface area contributed by atoms with Gasteiger partial charge in [0, 0.05) is 12.6 Å². The van der Waals surface area contributed by atoms with Crippen molar-refractivity contribution in [3.8, 4) is 5.75 Å². The van der Waals surface area contributed by atoms with Gasteiger partial charge in [-0.1, -0.05) is 11.5 Å². The number of nitrogens with zero attached hydrogens (tertiary/aromatic N) is 1. The largest absolute Gasteiger partial charge is 0.512 e. The van der Waals surface area contributed by atoms with E-state index in [9.17, 15) is 17.3 Å². The third-order valence-corrected chi connectivity index (χ3v) is 2.34. The smallest absolute Gasteiger partial charge is 0.493 e. The van der Waals surface area contributed by atoms with Crippen molar-refractivity contribution in [2.45, 2.75) is 6.42 Å². The van der Waals surface area contributed by atoms with E-state index in [1.54, 1.807) is 0 Å². The van der Waals surface area contributed by atoms with Crippen molar-refractivity contribution in [1.82, 2.24) is 4.90 Å². The van der Waals surface area contributed by atoms with E-state index in [-0.39, 0.29) is 5.75 Å². The summed E-state index contributed by atoms with van der Waals surface area (Å²) >= 11 is 0. The monoisotopic (exact) mass is 264 g/mol. The second kappa shape index (κ2) is 6.09. The molecule has 0 saturated carbocycles. The van der Waals surface area contributed by atoms with Crippen molar-refractivity contribution < 1.29 is 22.1 Å². The van der Waals surface area contributed by atoms with E-state index in [1.807, 2.05) is 19.0 Å². The third kappa shape index (κ3) is 4.56. The molecule has 0 atom stereocenters. The van der Waals surface area contributed by atoms with Crippen LogP contribution in [0.5, 0.6) is 5.75 Å².